The maximum Gasteiger partial charge on any atom is 0.0998 e. The highest BCUT2D eigenvalue weighted by Crippen LogP contribution is 2.56. The molecule has 0 aliphatic carbocycles. The first-order valence-electron chi connectivity index (χ1n) is 31.7. The molecule has 6 heteroatoms. The van der Waals surface area contributed by atoms with Crippen LogP contribution < -0.4 is 9.80 Å². The van der Waals surface area contributed by atoms with E-state index in [1.165, 1.54) is 22.3 Å². The predicted octanol–water partition coefficient (Wildman–Crippen LogP) is 23.6. The van der Waals surface area contributed by atoms with Gasteiger partial charge in [-0.3, -0.25) is 0 Å². The molecule has 0 N–H and O–H groups in total. The molecule has 0 atom stereocenters. The van der Waals surface area contributed by atoms with Crippen molar-refractivity contribution in [2.45, 2.75) is 105 Å². The first-order valence-corrected chi connectivity index (χ1v) is 31.7. The second-order valence-electron chi connectivity index (χ2n) is 29.0. The molecule has 444 valence electrons. The Morgan fingerprint density at radius 3 is 0.902 bits per heavy atom. The lowest BCUT2D eigenvalue weighted by Gasteiger charge is -2.29. The number of rotatable bonds is 8. The van der Waals surface area contributed by atoms with Gasteiger partial charge in [0.1, 0.15) is 0 Å². The van der Waals surface area contributed by atoms with Gasteiger partial charge in [-0.1, -0.05) is 192 Å². The number of nitrogens with zero attached hydrogens (tertiary/aromatic N) is 6. The third kappa shape index (κ3) is 9.49. The van der Waals surface area contributed by atoms with Crippen LogP contribution in [-0.2, 0) is 21.7 Å². The Balaban J connectivity index is 1.11. The molecule has 0 heterocycles. The van der Waals surface area contributed by atoms with Gasteiger partial charge in [-0.15, -0.1) is 0 Å². The summed E-state index contributed by atoms with van der Waals surface area (Å²) in [5.41, 5.74) is 15.7. The topological polar surface area (TPSA) is 102 Å². The van der Waals surface area contributed by atoms with Gasteiger partial charge in [0.2, 0.25) is 0 Å². The molecule has 0 aliphatic heterocycles. The largest absolute Gasteiger partial charge is 0.310 e. The van der Waals surface area contributed by atoms with E-state index >= 15 is 0 Å². The van der Waals surface area contributed by atoms with Gasteiger partial charge in [0.05, 0.1) is 57.9 Å². The number of hydrogen-bond donors (Lipinski definition) is 0. The molecule has 0 saturated carbocycles. The van der Waals surface area contributed by atoms with E-state index in [0.717, 1.165) is 121 Å². The molecule has 6 nitrogen and oxygen atoms in total. The van der Waals surface area contributed by atoms with E-state index in [0.29, 0.717) is 33.4 Å². The first-order chi connectivity index (χ1) is 44.0. The molecule has 14 aromatic carbocycles. The smallest absolute Gasteiger partial charge is 0.0998 e. The fraction of sp³-hybridized carbons (Fsp3) is 0.186. The van der Waals surface area contributed by atoms with E-state index in [1.807, 2.05) is 24.3 Å². The molecular weight excluding hydrogens is 1120 g/mol. The molecular formula is C86H70N6. The molecule has 0 amide bonds. The van der Waals surface area contributed by atoms with Crippen molar-refractivity contribution in [3.05, 3.63) is 251 Å². The summed E-state index contributed by atoms with van der Waals surface area (Å²) in [6, 6.07) is 83.4. The predicted molar refractivity (Wildman–Crippen MR) is 385 cm³/mol. The first kappa shape index (κ1) is 58.7. The zero-order valence-corrected chi connectivity index (χ0v) is 54.3. The van der Waals surface area contributed by atoms with Crippen LogP contribution in [0.2, 0.25) is 0 Å². The van der Waals surface area contributed by atoms with Gasteiger partial charge in [-0.2, -0.15) is 21.0 Å². The number of anilines is 6. The summed E-state index contributed by atoms with van der Waals surface area (Å²) in [4.78, 5) is 4.75. The Bertz CT molecular complexity index is 5230. The van der Waals surface area contributed by atoms with Crippen LogP contribution in [0.15, 0.2) is 206 Å². The maximum absolute atomic E-state index is 11.3. The van der Waals surface area contributed by atoms with Crippen LogP contribution >= 0.6 is 0 Å². The highest BCUT2D eigenvalue weighted by atomic mass is 15.1. The third-order valence-corrected chi connectivity index (χ3v) is 19.1. The van der Waals surface area contributed by atoms with Gasteiger partial charge in [-0.05, 0) is 217 Å². The third-order valence-electron chi connectivity index (χ3n) is 19.1. The van der Waals surface area contributed by atoms with Crippen molar-refractivity contribution in [1.29, 1.82) is 21.0 Å². The molecule has 0 aromatic heterocycles. The maximum atomic E-state index is 11.3. The van der Waals surface area contributed by atoms with Crippen LogP contribution in [-0.4, -0.2) is 0 Å². The molecule has 0 aliphatic rings. The van der Waals surface area contributed by atoms with E-state index < -0.39 is 0 Å². The number of hydrogen-bond acceptors (Lipinski definition) is 6. The highest BCUT2D eigenvalue weighted by Gasteiger charge is 2.31. The highest BCUT2D eigenvalue weighted by molar-refractivity contribution is 6.43. The van der Waals surface area contributed by atoms with Gasteiger partial charge in [0, 0.05) is 44.6 Å². The minimum absolute atomic E-state index is 0.0246. The lowest BCUT2D eigenvalue weighted by Crippen LogP contribution is -2.14. The summed E-state index contributed by atoms with van der Waals surface area (Å²) < 4.78 is 0. The molecule has 0 unspecified atom stereocenters. The Kier molecular flexibility index (Phi) is 13.6. The van der Waals surface area contributed by atoms with E-state index in [2.05, 4.69) is 287 Å². The quantitative estimate of drug-likeness (QED) is 0.150. The standard InChI is InChI=1S/C86H70N6/c1-83(2,3)55-21-29-59(30-22-55)91(60-31-23-56(24-32-60)84(4,5)6)75-41-39-66-72-46-74-73(45-71(72)65-15-13-16-67(75)77(65)66)79(63-37-19-51(47-87)43-53(63)49-89)81-69-18-14-17-68-76(42-40-70(78(68)69)82(81)80(74)64-38-20-52(48-88)44-54(64)50-90)92(61-33-25-57(26-34-61)85(7,8)9)62-35-27-58(28-36-62)86(10,11)12/h13-46H,1-12H3. The van der Waals surface area contributed by atoms with Crippen LogP contribution in [0.3, 0.4) is 0 Å². The number of nitriles is 4. The summed E-state index contributed by atoms with van der Waals surface area (Å²) in [6.45, 7) is 26.9. The average Bonchev–Trinajstić information content (AvgIpc) is 1.49. The average molecular weight is 1190 g/mol. The normalized spacial score (nSPS) is 12.3. The minimum atomic E-state index is -0.0486. The minimum Gasteiger partial charge on any atom is -0.310 e. The zero-order valence-electron chi connectivity index (χ0n) is 54.3. The molecule has 0 radical (unpaired) electrons. The molecule has 0 bridgehead atoms. The molecule has 92 heavy (non-hydrogen) atoms. The summed E-state index contributed by atoms with van der Waals surface area (Å²) in [7, 11) is 0. The SMILES string of the molecule is CC(C)(C)c1ccc(N(c2ccc(C(C)(C)C)cc2)c2ccc3c4cc5c(-c6ccc(C#N)cc6C#N)c6c7ccc(N(c8ccc(C(C)(C)C)cc8)c8ccc(C(C)(C)C)cc8)c8cccc(c6c(-c6ccc(C#N)cc6C#N)c5cc4c4cccc2c43)c87)cc1. The van der Waals surface area contributed by atoms with E-state index in [1.54, 1.807) is 12.1 Å². The van der Waals surface area contributed by atoms with Gasteiger partial charge < -0.3 is 9.80 Å². The molecule has 14 rings (SSSR count). The molecule has 14 aromatic rings. The van der Waals surface area contributed by atoms with Crippen molar-refractivity contribution in [2.24, 2.45) is 0 Å². The van der Waals surface area contributed by atoms with E-state index in [4.69, 9.17) is 0 Å². The Morgan fingerprint density at radius 2 is 0.565 bits per heavy atom. The molecule has 0 saturated heterocycles. The van der Waals surface area contributed by atoms with Crippen molar-refractivity contribution in [3.8, 4) is 46.5 Å². The van der Waals surface area contributed by atoms with E-state index in [9.17, 15) is 21.0 Å². The molecule has 0 spiro atoms. The lowest BCUT2D eigenvalue weighted by molar-refractivity contribution is 0.590. The number of fused-ring (bicyclic) bond motifs is 7. The van der Waals surface area contributed by atoms with Gasteiger partial charge >= 0.3 is 0 Å². The van der Waals surface area contributed by atoms with Crippen LogP contribution in [0.5, 0.6) is 0 Å². The Labute approximate surface area is 539 Å². The van der Waals surface area contributed by atoms with Gasteiger partial charge in [-0.25, -0.2) is 0 Å². The van der Waals surface area contributed by atoms with Crippen molar-refractivity contribution < 1.29 is 0 Å². The van der Waals surface area contributed by atoms with Crippen molar-refractivity contribution in [1.82, 2.24) is 0 Å². The Morgan fingerprint density at radius 1 is 0.261 bits per heavy atom. The Hall–Kier alpha value is -11.0. The summed E-state index contributed by atoms with van der Waals surface area (Å²) in [6.07, 6.45) is 0. The van der Waals surface area contributed by atoms with Crippen molar-refractivity contribution >= 4 is 110 Å². The second-order valence-corrected chi connectivity index (χ2v) is 29.0. The fourth-order valence-electron chi connectivity index (χ4n) is 14.3. The van der Waals surface area contributed by atoms with Crippen LogP contribution in [0.1, 0.15) is 128 Å². The van der Waals surface area contributed by atoms with Crippen molar-refractivity contribution in [2.75, 3.05) is 9.80 Å². The zero-order chi connectivity index (χ0) is 64.5. The second kappa shape index (κ2) is 21.3. The summed E-state index contributed by atoms with van der Waals surface area (Å²) >= 11 is 0. The van der Waals surface area contributed by atoms with Crippen LogP contribution in [0, 0.1) is 45.3 Å². The van der Waals surface area contributed by atoms with Crippen molar-refractivity contribution in [3.63, 3.8) is 0 Å². The van der Waals surface area contributed by atoms with Crippen LogP contribution in [0.25, 0.3) is 97.7 Å². The van der Waals surface area contributed by atoms with Gasteiger partial charge in [0.25, 0.3) is 0 Å². The number of benzene rings is 12. The molecule has 0 fully saturated rings. The summed E-state index contributed by atoms with van der Waals surface area (Å²) in [5.74, 6) is 0. The summed E-state index contributed by atoms with van der Waals surface area (Å²) in [5, 5.41) is 57.5. The van der Waals surface area contributed by atoms with E-state index in [-0.39, 0.29) is 21.7 Å². The van der Waals surface area contributed by atoms with Crippen LogP contribution in [0.4, 0.5) is 34.1 Å². The monoisotopic (exact) mass is 1190 g/mol. The fourth-order valence-corrected chi connectivity index (χ4v) is 14.3. The lowest BCUT2D eigenvalue weighted by atomic mass is 9.83. The van der Waals surface area contributed by atoms with Gasteiger partial charge in [0.15, 0.2) is 0 Å².